The van der Waals surface area contributed by atoms with E-state index < -0.39 is 17.6 Å². The number of hydrogen-bond acceptors (Lipinski definition) is 5. The molecule has 2 N–H and O–H groups in total. The maximum atomic E-state index is 13.3. The van der Waals surface area contributed by atoms with Crippen molar-refractivity contribution in [1.82, 2.24) is 14.8 Å². The van der Waals surface area contributed by atoms with Crippen molar-refractivity contribution in [3.63, 3.8) is 0 Å². The van der Waals surface area contributed by atoms with Gasteiger partial charge in [-0.3, -0.25) is 14.3 Å². The van der Waals surface area contributed by atoms with E-state index in [-0.39, 0.29) is 44.0 Å². The summed E-state index contributed by atoms with van der Waals surface area (Å²) in [5.41, 5.74) is 6.97. The second-order valence-corrected chi connectivity index (χ2v) is 7.80. The topological polar surface area (TPSA) is 94.1 Å². The van der Waals surface area contributed by atoms with Crippen LogP contribution < -0.4 is 10.6 Å². The van der Waals surface area contributed by atoms with Crippen molar-refractivity contribution in [3.8, 4) is 0 Å². The predicted molar refractivity (Wildman–Crippen MR) is 122 cm³/mol. The van der Waals surface area contributed by atoms with E-state index in [0.717, 1.165) is 12.1 Å². The van der Waals surface area contributed by atoms with Gasteiger partial charge >= 0.3 is 6.18 Å². The van der Waals surface area contributed by atoms with Crippen LogP contribution in [0.1, 0.15) is 50.5 Å². The average Bonchev–Trinajstić information content (AvgIpc) is 3.14. The smallest absolute Gasteiger partial charge is 0.384 e. The number of hydrogen-bond donors (Lipinski definition) is 1. The third kappa shape index (κ3) is 4.58. The Morgan fingerprint density at radius 2 is 1.88 bits per heavy atom. The number of nitrogens with zero attached hydrogens (tertiary/aromatic N) is 4. The summed E-state index contributed by atoms with van der Waals surface area (Å²) in [5, 5.41) is 4.28. The normalized spacial score (nSPS) is 15.7. The fourth-order valence-electron chi connectivity index (χ4n) is 3.84. The number of amides is 1. The SMILES string of the molecule is Cc1cc(N)ncc1C(=O)Cc1cnn2c1C(=O)N(c1ccc(C(F)(F)F)cc1)C[C@@H]2C.S. The lowest BCUT2D eigenvalue weighted by atomic mass is 10.00. The first-order valence-corrected chi connectivity index (χ1v) is 9.87. The molecule has 1 aliphatic rings. The van der Waals surface area contributed by atoms with Gasteiger partial charge in [0.05, 0.1) is 17.8 Å². The van der Waals surface area contributed by atoms with Crippen molar-refractivity contribution in [1.29, 1.82) is 0 Å². The van der Waals surface area contributed by atoms with Gasteiger partial charge in [-0.15, -0.1) is 0 Å². The number of aromatic nitrogens is 3. The molecule has 4 rings (SSSR count). The zero-order chi connectivity index (χ0) is 23.2. The second-order valence-electron chi connectivity index (χ2n) is 7.80. The molecule has 0 bridgehead atoms. The number of nitrogens with two attached hydrogens (primary N) is 1. The molecule has 2 aromatic heterocycles. The van der Waals surface area contributed by atoms with Gasteiger partial charge in [-0.1, -0.05) is 0 Å². The maximum absolute atomic E-state index is 13.3. The summed E-state index contributed by atoms with van der Waals surface area (Å²) in [5.74, 6) is -0.355. The Hall–Kier alpha value is -3.34. The molecule has 0 aliphatic carbocycles. The quantitative estimate of drug-likeness (QED) is 0.575. The molecular formula is C22H22F3N5O2S. The summed E-state index contributed by atoms with van der Waals surface area (Å²) < 4.78 is 40.2. The predicted octanol–water partition coefficient (Wildman–Crippen LogP) is 3.95. The number of nitrogen functional groups attached to an aromatic ring is 1. The highest BCUT2D eigenvalue weighted by atomic mass is 32.1. The van der Waals surface area contributed by atoms with Crippen LogP contribution in [0.3, 0.4) is 0 Å². The number of aryl methyl sites for hydroxylation is 1. The Labute approximate surface area is 194 Å². The van der Waals surface area contributed by atoms with Crippen LogP contribution in [0, 0.1) is 6.92 Å². The van der Waals surface area contributed by atoms with Crippen molar-refractivity contribution in [2.75, 3.05) is 17.2 Å². The number of ketones is 1. The molecule has 3 heterocycles. The van der Waals surface area contributed by atoms with E-state index in [9.17, 15) is 22.8 Å². The first kappa shape index (κ1) is 24.3. The van der Waals surface area contributed by atoms with Crippen molar-refractivity contribution in [2.45, 2.75) is 32.5 Å². The monoisotopic (exact) mass is 477 g/mol. The van der Waals surface area contributed by atoms with Crippen LogP contribution >= 0.6 is 13.5 Å². The molecule has 7 nitrogen and oxygen atoms in total. The lowest BCUT2D eigenvalue weighted by molar-refractivity contribution is -0.137. The molecule has 1 aromatic carbocycles. The number of pyridine rings is 1. The van der Waals surface area contributed by atoms with Crippen molar-refractivity contribution >= 4 is 36.7 Å². The van der Waals surface area contributed by atoms with Crippen LogP contribution in [0.25, 0.3) is 0 Å². The zero-order valence-corrected chi connectivity index (χ0v) is 18.8. The number of rotatable bonds is 4. The van der Waals surface area contributed by atoms with E-state index in [1.165, 1.54) is 29.4 Å². The van der Waals surface area contributed by atoms with E-state index in [4.69, 9.17) is 5.73 Å². The molecule has 33 heavy (non-hydrogen) atoms. The molecule has 0 radical (unpaired) electrons. The van der Waals surface area contributed by atoms with Crippen LogP contribution in [0.2, 0.25) is 0 Å². The standard InChI is InChI=1S/C22H20F3N5O2.H2S/c1-12-7-19(26)27-10-17(12)18(31)8-14-9-28-30-13(2)11-29(21(32)20(14)30)16-5-3-15(4-6-16)22(23,24)25;/h3-7,9-10,13H,8,11H2,1-2H3,(H2,26,27);1H2/t13-;/m0./s1. The molecule has 0 fully saturated rings. The van der Waals surface area contributed by atoms with Gasteiger partial charge in [0.1, 0.15) is 11.5 Å². The minimum atomic E-state index is -4.46. The summed E-state index contributed by atoms with van der Waals surface area (Å²) in [7, 11) is 0. The first-order chi connectivity index (χ1) is 15.1. The summed E-state index contributed by atoms with van der Waals surface area (Å²) in [6, 6.07) is 5.80. The highest BCUT2D eigenvalue weighted by molar-refractivity contribution is 7.59. The van der Waals surface area contributed by atoms with Crippen LogP contribution in [0.5, 0.6) is 0 Å². The first-order valence-electron chi connectivity index (χ1n) is 9.87. The van der Waals surface area contributed by atoms with Gasteiger partial charge in [0.15, 0.2) is 5.78 Å². The van der Waals surface area contributed by atoms with Crippen LogP contribution in [-0.4, -0.2) is 33.0 Å². The van der Waals surface area contributed by atoms with Crippen molar-refractivity contribution in [2.24, 2.45) is 0 Å². The zero-order valence-electron chi connectivity index (χ0n) is 17.8. The Kier molecular flexibility index (Phi) is 6.55. The molecule has 174 valence electrons. The second kappa shape index (κ2) is 8.89. The Bertz CT molecular complexity index is 1210. The number of alkyl halides is 3. The molecule has 1 atom stereocenters. The fraction of sp³-hybridized carbons (Fsp3) is 0.273. The Balaban J connectivity index is 0.00000306. The van der Waals surface area contributed by atoms with Gasteiger partial charge < -0.3 is 10.6 Å². The summed E-state index contributed by atoms with van der Waals surface area (Å²) in [6.45, 7) is 3.84. The molecule has 0 spiro atoms. The average molecular weight is 478 g/mol. The van der Waals surface area contributed by atoms with E-state index in [1.54, 1.807) is 17.7 Å². The number of carbonyl (C=O) groups excluding carboxylic acids is 2. The molecule has 0 saturated carbocycles. The number of benzene rings is 1. The van der Waals surface area contributed by atoms with Crippen LogP contribution in [-0.2, 0) is 12.6 Å². The van der Waals surface area contributed by atoms with Gasteiger partial charge in [-0.2, -0.15) is 31.8 Å². The highest BCUT2D eigenvalue weighted by Gasteiger charge is 2.35. The van der Waals surface area contributed by atoms with E-state index in [0.29, 0.717) is 28.2 Å². The third-order valence-corrected chi connectivity index (χ3v) is 5.47. The molecular weight excluding hydrogens is 455 g/mol. The molecule has 0 saturated heterocycles. The van der Waals surface area contributed by atoms with E-state index >= 15 is 0 Å². The molecule has 11 heteroatoms. The van der Waals surface area contributed by atoms with Crippen LogP contribution in [0.15, 0.2) is 42.7 Å². The van der Waals surface area contributed by atoms with Gasteiger partial charge in [-0.05, 0) is 49.7 Å². The fourth-order valence-corrected chi connectivity index (χ4v) is 3.84. The number of Topliss-reactive ketones (excluding diaryl/α,β-unsaturated/α-hetero) is 1. The molecule has 3 aromatic rings. The minimum absolute atomic E-state index is 0. The largest absolute Gasteiger partial charge is 0.416 e. The third-order valence-electron chi connectivity index (χ3n) is 5.47. The van der Waals surface area contributed by atoms with Crippen molar-refractivity contribution in [3.05, 3.63) is 70.7 Å². The highest BCUT2D eigenvalue weighted by Crippen LogP contribution is 2.33. The molecule has 1 aliphatic heterocycles. The van der Waals surface area contributed by atoms with Crippen LogP contribution in [0.4, 0.5) is 24.7 Å². The summed E-state index contributed by atoms with van der Waals surface area (Å²) >= 11 is 0. The number of fused-ring (bicyclic) bond motifs is 1. The van der Waals surface area contributed by atoms with Gasteiger partial charge in [0, 0.05) is 36.0 Å². The number of carbonyl (C=O) groups is 2. The van der Waals surface area contributed by atoms with E-state index in [2.05, 4.69) is 10.1 Å². The number of anilines is 2. The lowest BCUT2D eigenvalue weighted by Crippen LogP contribution is -2.43. The molecule has 0 unspecified atom stereocenters. The Morgan fingerprint density at radius 1 is 1.21 bits per heavy atom. The van der Waals surface area contributed by atoms with Gasteiger partial charge in [-0.25, -0.2) is 4.98 Å². The number of halogens is 3. The van der Waals surface area contributed by atoms with Gasteiger partial charge in [0.25, 0.3) is 5.91 Å². The Morgan fingerprint density at radius 3 is 2.48 bits per heavy atom. The van der Waals surface area contributed by atoms with Crippen molar-refractivity contribution < 1.29 is 22.8 Å². The lowest BCUT2D eigenvalue weighted by Gasteiger charge is -2.32. The molecule has 1 amide bonds. The summed E-state index contributed by atoms with van der Waals surface area (Å²) in [6.07, 6.45) is -1.64. The van der Waals surface area contributed by atoms with E-state index in [1.807, 2.05) is 6.92 Å². The minimum Gasteiger partial charge on any atom is -0.384 e. The maximum Gasteiger partial charge on any atom is 0.416 e. The summed E-state index contributed by atoms with van der Waals surface area (Å²) in [4.78, 5) is 31.5. The van der Waals surface area contributed by atoms with Gasteiger partial charge in [0.2, 0.25) is 0 Å².